The van der Waals surface area contributed by atoms with E-state index in [0.29, 0.717) is 18.1 Å². The van der Waals surface area contributed by atoms with Crippen LogP contribution in [0.15, 0.2) is 18.2 Å². The van der Waals surface area contributed by atoms with Gasteiger partial charge in [-0.05, 0) is 59.6 Å². The van der Waals surface area contributed by atoms with Crippen LogP contribution in [-0.2, 0) is 9.53 Å². The molecule has 1 aliphatic heterocycles. The van der Waals surface area contributed by atoms with Gasteiger partial charge in [0.2, 0.25) is 5.91 Å². The summed E-state index contributed by atoms with van der Waals surface area (Å²) in [7, 11) is 0. The summed E-state index contributed by atoms with van der Waals surface area (Å²) >= 11 is 0. The van der Waals surface area contributed by atoms with Crippen molar-refractivity contribution in [3.63, 3.8) is 0 Å². The number of ether oxygens (including phenoxy) is 1. The summed E-state index contributed by atoms with van der Waals surface area (Å²) in [4.78, 5) is 12.5. The van der Waals surface area contributed by atoms with Gasteiger partial charge < -0.3 is 10.1 Å². The minimum Gasteiger partial charge on any atom is -0.373 e. The molecule has 3 fully saturated rings. The van der Waals surface area contributed by atoms with Crippen LogP contribution in [0.3, 0.4) is 0 Å². The summed E-state index contributed by atoms with van der Waals surface area (Å²) in [6.45, 7) is 8.93. The van der Waals surface area contributed by atoms with Gasteiger partial charge in [0.15, 0.2) is 11.6 Å². The molecule has 3 nitrogen and oxygen atoms in total. The van der Waals surface area contributed by atoms with Crippen molar-refractivity contribution in [2.24, 2.45) is 28.6 Å². The Labute approximate surface area is 159 Å². The van der Waals surface area contributed by atoms with Crippen molar-refractivity contribution in [3.05, 3.63) is 35.4 Å². The van der Waals surface area contributed by atoms with Gasteiger partial charge in [0.25, 0.3) is 0 Å². The number of benzene rings is 1. The molecule has 3 aliphatic rings. The van der Waals surface area contributed by atoms with E-state index in [-0.39, 0.29) is 40.7 Å². The fraction of sp³-hybridized carbons (Fsp3) is 0.682. The van der Waals surface area contributed by atoms with Crippen LogP contribution in [0, 0.1) is 40.2 Å². The quantitative estimate of drug-likeness (QED) is 0.835. The fourth-order valence-electron chi connectivity index (χ4n) is 6.12. The van der Waals surface area contributed by atoms with Crippen molar-refractivity contribution in [2.45, 2.75) is 59.1 Å². The lowest BCUT2D eigenvalue weighted by Gasteiger charge is -2.53. The third-order valence-electron chi connectivity index (χ3n) is 7.59. The third-order valence-corrected chi connectivity index (χ3v) is 7.59. The van der Waals surface area contributed by atoms with E-state index in [0.717, 1.165) is 19.3 Å². The number of rotatable bonds is 3. The number of fused-ring (bicyclic) bond motifs is 1. The molecule has 2 aliphatic carbocycles. The lowest BCUT2D eigenvalue weighted by molar-refractivity contribution is -0.139. The average Bonchev–Trinajstić information content (AvgIpc) is 3.10. The van der Waals surface area contributed by atoms with Crippen molar-refractivity contribution < 1.29 is 18.3 Å². The van der Waals surface area contributed by atoms with E-state index in [1.165, 1.54) is 12.1 Å². The van der Waals surface area contributed by atoms with Gasteiger partial charge in [-0.1, -0.05) is 33.8 Å². The van der Waals surface area contributed by atoms with Gasteiger partial charge in [0.05, 0.1) is 6.10 Å². The lowest BCUT2D eigenvalue weighted by Crippen LogP contribution is -2.59. The van der Waals surface area contributed by atoms with E-state index >= 15 is 0 Å². The first-order valence-corrected chi connectivity index (χ1v) is 10.0. The average molecular weight is 377 g/mol. The molecule has 148 valence electrons. The molecular formula is C22H29F2NO2. The van der Waals surface area contributed by atoms with Gasteiger partial charge in [-0.25, -0.2) is 8.78 Å². The minimum absolute atomic E-state index is 0.0248. The topological polar surface area (TPSA) is 38.3 Å². The normalized spacial score (nSPS) is 36.7. The Balaban J connectivity index is 1.69. The second-order valence-electron chi connectivity index (χ2n) is 9.61. The highest BCUT2D eigenvalue weighted by Crippen LogP contribution is 2.70. The number of halogens is 2. The van der Waals surface area contributed by atoms with Gasteiger partial charge in [0, 0.05) is 18.6 Å². The molecule has 4 rings (SSSR count). The summed E-state index contributed by atoms with van der Waals surface area (Å²) in [5.41, 5.74) is 0.695. The van der Waals surface area contributed by atoms with E-state index in [2.05, 4.69) is 19.2 Å². The van der Waals surface area contributed by atoms with Gasteiger partial charge in [-0.2, -0.15) is 0 Å². The van der Waals surface area contributed by atoms with Crippen molar-refractivity contribution in [1.82, 2.24) is 5.32 Å². The monoisotopic (exact) mass is 377 g/mol. The summed E-state index contributed by atoms with van der Waals surface area (Å²) in [5, 5.41) is 3.35. The van der Waals surface area contributed by atoms with E-state index in [4.69, 9.17) is 4.74 Å². The Hall–Kier alpha value is -1.49. The van der Waals surface area contributed by atoms with Crippen LogP contribution in [0.2, 0.25) is 0 Å². The van der Waals surface area contributed by atoms with Crippen LogP contribution >= 0.6 is 0 Å². The number of carbonyl (C=O) groups excluding carboxylic acids is 1. The second kappa shape index (κ2) is 6.26. The number of carbonyl (C=O) groups is 1. The van der Waals surface area contributed by atoms with Crippen LogP contribution < -0.4 is 5.32 Å². The number of nitrogens with one attached hydrogen (secondary N) is 1. The van der Waals surface area contributed by atoms with Crippen molar-refractivity contribution in [3.8, 4) is 0 Å². The first-order chi connectivity index (χ1) is 12.7. The van der Waals surface area contributed by atoms with E-state index in [1.807, 2.05) is 13.8 Å². The maximum absolute atomic E-state index is 13.8. The molecule has 1 spiro atoms. The number of hydrogen-bond acceptors (Lipinski definition) is 2. The maximum atomic E-state index is 13.8. The SMILES string of the molecule is CC(C)C(=O)N[C@H]1C(C)(C)[C@@H]2C[C@@H]3[C@@H](c4ccc(F)c(F)c4)OCC[C@@]31C2. The molecule has 0 aromatic heterocycles. The van der Waals surface area contributed by atoms with Gasteiger partial charge in [0.1, 0.15) is 0 Å². The predicted octanol–water partition coefficient (Wildman–Crippen LogP) is 4.62. The summed E-state index contributed by atoms with van der Waals surface area (Å²) < 4.78 is 33.3. The van der Waals surface area contributed by atoms with Gasteiger partial charge in [-0.3, -0.25) is 4.79 Å². The summed E-state index contributed by atoms with van der Waals surface area (Å²) in [5.74, 6) is -0.924. The maximum Gasteiger partial charge on any atom is 0.222 e. The third kappa shape index (κ3) is 2.72. The Morgan fingerprint density at radius 1 is 1.26 bits per heavy atom. The molecule has 1 aromatic carbocycles. The zero-order valence-corrected chi connectivity index (χ0v) is 16.5. The molecule has 5 heteroatoms. The molecule has 27 heavy (non-hydrogen) atoms. The van der Waals surface area contributed by atoms with Gasteiger partial charge in [-0.15, -0.1) is 0 Å². The standard InChI is InChI=1S/C22H29F2NO2/c1-12(2)19(26)25-20-21(3,4)14-10-15-18(27-8-7-22(15,20)11-14)13-5-6-16(23)17(24)9-13/h5-6,9,12,14-15,18,20H,7-8,10-11H2,1-4H3,(H,25,26)/t14-,15-,18-,20+,22-/m1/s1. The number of amides is 1. The Kier molecular flexibility index (Phi) is 4.37. The van der Waals surface area contributed by atoms with E-state index in [1.54, 1.807) is 6.07 Å². The highest BCUT2D eigenvalue weighted by molar-refractivity contribution is 5.78. The second-order valence-corrected chi connectivity index (χ2v) is 9.61. The first kappa shape index (κ1) is 18.9. The molecule has 5 atom stereocenters. The lowest BCUT2D eigenvalue weighted by atomic mass is 9.58. The van der Waals surface area contributed by atoms with Crippen LogP contribution in [0.4, 0.5) is 8.78 Å². The molecule has 2 bridgehead atoms. The van der Waals surface area contributed by atoms with E-state index in [9.17, 15) is 13.6 Å². The Bertz CT molecular complexity index is 763. The Morgan fingerprint density at radius 2 is 2.00 bits per heavy atom. The van der Waals surface area contributed by atoms with Crippen molar-refractivity contribution in [2.75, 3.05) is 6.61 Å². The van der Waals surface area contributed by atoms with Crippen LogP contribution in [0.1, 0.15) is 58.6 Å². The molecular weight excluding hydrogens is 348 g/mol. The molecule has 1 heterocycles. The molecule has 1 saturated heterocycles. The zero-order valence-electron chi connectivity index (χ0n) is 16.5. The van der Waals surface area contributed by atoms with E-state index < -0.39 is 11.6 Å². The molecule has 0 unspecified atom stereocenters. The van der Waals surface area contributed by atoms with Crippen LogP contribution in [-0.4, -0.2) is 18.6 Å². The highest BCUT2D eigenvalue weighted by atomic mass is 19.2. The minimum atomic E-state index is -0.833. The highest BCUT2D eigenvalue weighted by Gasteiger charge is 2.68. The molecule has 1 N–H and O–H groups in total. The number of hydrogen-bond donors (Lipinski definition) is 1. The molecule has 1 aromatic rings. The van der Waals surface area contributed by atoms with Gasteiger partial charge >= 0.3 is 0 Å². The first-order valence-electron chi connectivity index (χ1n) is 10.0. The predicted molar refractivity (Wildman–Crippen MR) is 98.9 cm³/mol. The van der Waals surface area contributed by atoms with Crippen LogP contribution in [0.5, 0.6) is 0 Å². The summed E-state index contributed by atoms with van der Waals surface area (Å²) in [6, 6.07) is 4.18. The Morgan fingerprint density at radius 3 is 2.67 bits per heavy atom. The molecule has 0 radical (unpaired) electrons. The smallest absolute Gasteiger partial charge is 0.222 e. The largest absolute Gasteiger partial charge is 0.373 e. The van der Waals surface area contributed by atoms with Crippen LogP contribution in [0.25, 0.3) is 0 Å². The molecule has 2 saturated carbocycles. The van der Waals surface area contributed by atoms with Crippen molar-refractivity contribution in [1.29, 1.82) is 0 Å². The van der Waals surface area contributed by atoms with Crippen molar-refractivity contribution >= 4 is 5.91 Å². The summed E-state index contributed by atoms with van der Waals surface area (Å²) in [6.07, 6.45) is 2.73. The zero-order chi connectivity index (χ0) is 19.6. The molecule has 1 amide bonds. The fourth-order valence-corrected chi connectivity index (χ4v) is 6.12.